The van der Waals surface area contributed by atoms with Crippen LogP contribution < -0.4 is 10.6 Å². The average Bonchev–Trinajstić information content (AvgIpc) is 3.05. The highest BCUT2D eigenvalue weighted by Gasteiger charge is 2.05. The molecule has 1 amide bonds. The second-order valence-corrected chi connectivity index (χ2v) is 6.06. The van der Waals surface area contributed by atoms with E-state index in [4.69, 9.17) is 0 Å². The Morgan fingerprint density at radius 1 is 1.14 bits per heavy atom. The smallest absolute Gasteiger partial charge is 0.261 e. The molecule has 0 aliphatic rings. The normalized spacial score (nSPS) is 12.0. The summed E-state index contributed by atoms with van der Waals surface area (Å²) < 4.78 is 0. The minimum Gasteiger partial charge on any atom is -0.350 e. The Morgan fingerprint density at radius 3 is 2.67 bits per heavy atom. The van der Waals surface area contributed by atoms with Crippen molar-refractivity contribution in [3.63, 3.8) is 0 Å². The van der Waals surface area contributed by atoms with Gasteiger partial charge in [-0.25, -0.2) is 0 Å². The fourth-order valence-electron chi connectivity index (χ4n) is 2.12. The van der Waals surface area contributed by atoms with Crippen molar-refractivity contribution in [1.29, 1.82) is 0 Å². The molecule has 1 heterocycles. The summed E-state index contributed by atoms with van der Waals surface area (Å²) >= 11 is 1.47. The van der Waals surface area contributed by atoms with Crippen LogP contribution in [0, 0.1) is 0 Å². The molecule has 4 heteroatoms. The molecule has 0 unspecified atom stereocenters. The summed E-state index contributed by atoms with van der Waals surface area (Å²) in [7, 11) is 0. The predicted octanol–water partition coefficient (Wildman–Crippen LogP) is 3.09. The van der Waals surface area contributed by atoms with Gasteiger partial charge >= 0.3 is 0 Å². The minimum absolute atomic E-state index is 0.0174. The van der Waals surface area contributed by atoms with Crippen molar-refractivity contribution in [3.8, 4) is 0 Å². The topological polar surface area (TPSA) is 41.1 Å². The monoisotopic (exact) mass is 302 g/mol. The Bertz CT molecular complexity index is 525. The fraction of sp³-hybridized carbons (Fsp3) is 0.353. The summed E-state index contributed by atoms with van der Waals surface area (Å²) in [5, 5.41) is 8.28. The van der Waals surface area contributed by atoms with Gasteiger partial charge < -0.3 is 10.6 Å². The summed E-state index contributed by atoms with van der Waals surface area (Å²) in [4.78, 5) is 12.5. The number of carbonyl (C=O) groups excluding carboxylic acids is 1. The van der Waals surface area contributed by atoms with Crippen LogP contribution in [0.2, 0.25) is 0 Å². The van der Waals surface area contributed by atoms with Crippen molar-refractivity contribution in [2.75, 3.05) is 13.1 Å². The Balaban J connectivity index is 1.57. The van der Waals surface area contributed by atoms with Crippen molar-refractivity contribution in [1.82, 2.24) is 10.6 Å². The van der Waals surface area contributed by atoms with Crippen LogP contribution in [0.4, 0.5) is 0 Å². The molecule has 0 spiro atoms. The third kappa shape index (κ3) is 5.69. The molecule has 112 valence electrons. The van der Waals surface area contributed by atoms with Gasteiger partial charge in [0, 0.05) is 19.1 Å². The van der Waals surface area contributed by atoms with E-state index in [2.05, 4.69) is 41.8 Å². The summed E-state index contributed by atoms with van der Waals surface area (Å²) in [6.45, 7) is 3.64. The highest BCUT2D eigenvalue weighted by atomic mass is 32.1. The number of rotatable bonds is 8. The van der Waals surface area contributed by atoms with Crippen molar-refractivity contribution in [2.45, 2.75) is 25.8 Å². The minimum atomic E-state index is 0.0174. The maximum atomic E-state index is 11.7. The van der Waals surface area contributed by atoms with Crippen LogP contribution in [-0.4, -0.2) is 25.0 Å². The lowest BCUT2D eigenvalue weighted by Gasteiger charge is -2.14. The standard InChI is InChI=1S/C17H22N2OS/c1-14(9-10-15-6-3-2-4-7-15)18-11-12-19-17(20)16-8-5-13-21-16/h2-8,13-14,18H,9-12H2,1H3,(H,19,20)/t14-/m0/s1. The number of aryl methyl sites for hydroxylation is 1. The first kappa shape index (κ1) is 15.7. The predicted molar refractivity (Wildman–Crippen MR) is 88.9 cm³/mol. The molecule has 0 aliphatic heterocycles. The van der Waals surface area contributed by atoms with E-state index < -0.39 is 0 Å². The molecule has 2 rings (SSSR count). The van der Waals surface area contributed by atoms with Gasteiger partial charge in [0.05, 0.1) is 4.88 Å². The first-order valence-corrected chi connectivity index (χ1v) is 8.22. The number of benzene rings is 1. The molecule has 0 radical (unpaired) electrons. The Morgan fingerprint density at radius 2 is 1.95 bits per heavy atom. The maximum Gasteiger partial charge on any atom is 0.261 e. The molecule has 2 N–H and O–H groups in total. The Kier molecular flexibility index (Phi) is 6.44. The fourth-order valence-corrected chi connectivity index (χ4v) is 2.76. The zero-order valence-electron chi connectivity index (χ0n) is 12.3. The van der Waals surface area contributed by atoms with Crippen LogP contribution in [0.25, 0.3) is 0 Å². The molecular formula is C17H22N2OS. The van der Waals surface area contributed by atoms with E-state index in [9.17, 15) is 4.79 Å². The van der Waals surface area contributed by atoms with E-state index in [1.165, 1.54) is 16.9 Å². The lowest BCUT2D eigenvalue weighted by Crippen LogP contribution is -2.35. The molecule has 1 aromatic carbocycles. The second-order valence-electron chi connectivity index (χ2n) is 5.11. The van der Waals surface area contributed by atoms with Gasteiger partial charge in [-0.3, -0.25) is 4.79 Å². The van der Waals surface area contributed by atoms with Crippen LogP contribution in [0.1, 0.15) is 28.6 Å². The van der Waals surface area contributed by atoms with Crippen molar-refractivity contribution in [2.24, 2.45) is 0 Å². The van der Waals surface area contributed by atoms with Gasteiger partial charge in [0.1, 0.15) is 0 Å². The number of hydrogen-bond donors (Lipinski definition) is 2. The lowest BCUT2D eigenvalue weighted by molar-refractivity contribution is 0.0957. The van der Waals surface area contributed by atoms with Gasteiger partial charge in [-0.1, -0.05) is 36.4 Å². The highest BCUT2D eigenvalue weighted by Crippen LogP contribution is 2.07. The average molecular weight is 302 g/mol. The molecule has 1 atom stereocenters. The number of amides is 1. The third-order valence-electron chi connectivity index (χ3n) is 3.36. The number of nitrogens with one attached hydrogen (secondary N) is 2. The Hall–Kier alpha value is -1.65. The van der Waals surface area contributed by atoms with Crippen LogP contribution in [-0.2, 0) is 6.42 Å². The van der Waals surface area contributed by atoms with Gasteiger partial charge in [0.25, 0.3) is 5.91 Å². The molecule has 3 nitrogen and oxygen atoms in total. The van der Waals surface area contributed by atoms with Gasteiger partial charge in [0.15, 0.2) is 0 Å². The quantitative estimate of drug-likeness (QED) is 0.736. The molecule has 0 fully saturated rings. The second kappa shape index (κ2) is 8.60. The molecule has 1 aromatic heterocycles. The lowest BCUT2D eigenvalue weighted by atomic mass is 10.1. The van der Waals surface area contributed by atoms with Gasteiger partial charge in [-0.15, -0.1) is 11.3 Å². The highest BCUT2D eigenvalue weighted by molar-refractivity contribution is 7.12. The number of carbonyl (C=O) groups is 1. The van der Waals surface area contributed by atoms with Crippen LogP contribution in [0.5, 0.6) is 0 Å². The first-order valence-electron chi connectivity index (χ1n) is 7.34. The molecule has 0 aliphatic carbocycles. The zero-order chi connectivity index (χ0) is 14.9. The van der Waals surface area contributed by atoms with Crippen molar-refractivity contribution < 1.29 is 4.79 Å². The molecule has 21 heavy (non-hydrogen) atoms. The number of thiophene rings is 1. The zero-order valence-corrected chi connectivity index (χ0v) is 13.2. The summed E-state index contributed by atoms with van der Waals surface area (Å²) in [6, 6.07) is 14.7. The molecule has 2 aromatic rings. The van der Waals surface area contributed by atoms with E-state index in [-0.39, 0.29) is 5.91 Å². The van der Waals surface area contributed by atoms with Gasteiger partial charge in [-0.05, 0) is 36.8 Å². The van der Waals surface area contributed by atoms with Gasteiger partial charge in [0.2, 0.25) is 0 Å². The summed E-state index contributed by atoms with van der Waals surface area (Å²) in [5.41, 5.74) is 1.37. The molecular weight excluding hydrogens is 280 g/mol. The SMILES string of the molecule is C[C@@H](CCc1ccccc1)NCCNC(=O)c1cccs1. The Labute approximate surface area is 130 Å². The van der Waals surface area contributed by atoms with Crippen LogP contribution in [0.15, 0.2) is 47.8 Å². The van der Waals surface area contributed by atoms with Gasteiger partial charge in [-0.2, -0.15) is 0 Å². The van der Waals surface area contributed by atoms with Crippen LogP contribution >= 0.6 is 11.3 Å². The first-order chi connectivity index (χ1) is 10.3. The summed E-state index contributed by atoms with van der Waals surface area (Å²) in [5.74, 6) is 0.0174. The van der Waals surface area contributed by atoms with Crippen molar-refractivity contribution >= 4 is 17.2 Å². The van der Waals surface area contributed by atoms with E-state index in [1.807, 2.05) is 23.6 Å². The molecule has 0 saturated carbocycles. The number of hydrogen-bond acceptors (Lipinski definition) is 3. The van der Waals surface area contributed by atoms with Crippen molar-refractivity contribution in [3.05, 3.63) is 58.3 Å². The van der Waals surface area contributed by atoms with Crippen LogP contribution in [0.3, 0.4) is 0 Å². The maximum absolute atomic E-state index is 11.7. The molecule has 0 saturated heterocycles. The summed E-state index contributed by atoms with van der Waals surface area (Å²) in [6.07, 6.45) is 2.18. The van der Waals surface area contributed by atoms with E-state index >= 15 is 0 Å². The third-order valence-corrected chi connectivity index (χ3v) is 4.23. The van der Waals surface area contributed by atoms with E-state index in [0.29, 0.717) is 12.6 Å². The largest absolute Gasteiger partial charge is 0.350 e. The van der Waals surface area contributed by atoms with E-state index in [0.717, 1.165) is 24.3 Å². The molecule has 0 bridgehead atoms. The van der Waals surface area contributed by atoms with E-state index in [1.54, 1.807) is 0 Å².